The van der Waals surface area contributed by atoms with Gasteiger partial charge in [-0.15, -0.1) is 0 Å². The second-order valence-electron chi connectivity index (χ2n) is 3.38. The Bertz CT molecular complexity index is 347. The molecule has 0 amide bonds. The third-order valence-corrected chi connectivity index (χ3v) is 2.44. The summed E-state index contributed by atoms with van der Waals surface area (Å²) < 4.78 is 0. The zero-order valence-electron chi connectivity index (χ0n) is 8.45. The quantitative estimate of drug-likeness (QED) is 0.723. The molecular formula is C11H15NO2. The van der Waals surface area contributed by atoms with Gasteiger partial charge in [0.05, 0.1) is 5.92 Å². The van der Waals surface area contributed by atoms with Gasteiger partial charge in [0.15, 0.2) is 0 Å². The van der Waals surface area contributed by atoms with E-state index in [4.69, 9.17) is 10.8 Å². The zero-order chi connectivity index (χ0) is 10.7. The number of benzene rings is 1. The Balaban J connectivity index is 3.16. The summed E-state index contributed by atoms with van der Waals surface area (Å²) in [4.78, 5) is 10.9. The molecule has 0 aliphatic heterocycles. The van der Waals surface area contributed by atoms with Gasteiger partial charge in [0.1, 0.15) is 0 Å². The summed E-state index contributed by atoms with van der Waals surface area (Å²) in [7, 11) is 0. The first-order valence-electron chi connectivity index (χ1n) is 4.65. The molecule has 0 aliphatic carbocycles. The van der Waals surface area contributed by atoms with Crippen LogP contribution in [0.25, 0.3) is 0 Å². The molecule has 76 valence electrons. The van der Waals surface area contributed by atoms with E-state index in [1.54, 1.807) is 6.07 Å². The van der Waals surface area contributed by atoms with Crippen molar-refractivity contribution in [3.8, 4) is 0 Å². The van der Waals surface area contributed by atoms with E-state index in [-0.39, 0.29) is 0 Å². The van der Waals surface area contributed by atoms with Crippen molar-refractivity contribution in [2.24, 2.45) is 0 Å². The van der Waals surface area contributed by atoms with Crippen molar-refractivity contribution in [2.45, 2.75) is 26.2 Å². The Morgan fingerprint density at radius 2 is 2.21 bits per heavy atom. The van der Waals surface area contributed by atoms with Gasteiger partial charge in [-0.2, -0.15) is 0 Å². The normalized spacial score (nSPS) is 12.4. The molecule has 0 heterocycles. The van der Waals surface area contributed by atoms with E-state index in [9.17, 15) is 4.79 Å². The molecule has 0 radical (unpaired) electrons. The van der Waals surface area contributed by atoms with Crippen molar-refractivity contribution in [3.05, 3.63) is 29.3 Å². The molecule has 1 unspecified atom stereocenters. The minimum absolute atomic E-state index is 0.491. The van der Waals surface area contributed by atoms with Crippen LogP contribution >= 0.6 is 0 Å². The third kappa shape index (κ3) is 1.87. The number of carbonyl (C=O) groups is 1. The van der Waals surface area contributed by atoms with E-state index < -0.39 is 11.9 Å². The van der Waals surface area contributed by atoms with Gasteiger partial charge >= 0.3 is 5.97 Å². The molecule has 14 heavy (non-hydrogen) atoms. The largest absolute Gasteiger partial charge is 0.481 e. The van der Waals surface area contributed by atoms with Gasteiger partial charge in [-0.1, -0.05) is 25.1 Å². The molecule has 3 heteroatoms. The lowest BCUT2D eigenvalue weighted by atomic mass is 9.93. The predicted molar refractivity (Wildman–Crippen MR) is 56.3 cm³/mol. The van der Waals surface area contributed by atoms with Crippen LogP contribution in [0.5, 0.6) is 0 Å². The van der Waals surface area contributed by atoms with Crippen molar-refractivity contribution in [3.63, 3.8) is 0 Å². The van der Waals surface area contributed by atoms with Crippen molar-refractivity contribution < 1.29 is 9.90 Å². The molecule has 0 saturated carbocycles. The Kier molecular flexibility index (Phi) is 3.12. The first kappa shape index (κ1) is 10.6. The number of hydrogen-bond donors (Lipinski definition) is 2. The van der Waals surface area contributed by atoms with Gasteiger partial charge in [0.25, 0.3) is 0 Å². The van der Waals surface area contributed by atoms with Crippen molar-refractivity contribution in [1.82, 2.24) is 0 Å². The summed E-state index contributed by atoms with van der Waals surface area (Å²) in [5.41, 5.74) is 8.09. The Morgan fingerprint density at radius 3 is 2.71 bits per heavy atom. The SMILES string of the molecule is CCC(C(=O)O)c1cccc(C)c1N. The Hall–Kier alpha value is -1.51. The van der Waals surface area contributed by atoms with E-state index in [1.807, 2.05) is 26.0 Å². The number of rotatable bonds is 3. The standard InChI is InChI=1S/C11H15NO2/c1-3-8(11(13)14)9-6-4-5-7(2)10(9)12/h4-6,8H,3,12H2,1-2H3,(H,13,14). The Morgan fingerprint density at radius 1 is 1.57 bits per heavy atom. The topological polar surface area (TPSA) is 63.3 Å². The number of hydrogen-bond acceptors (Lipinski definition) is 2. The fraction of sp³-hybridized carbons (Fsp3) is 0.364. The lowest BCUT2D eigenvalue weighted by molar-refractivity contribution is -0.138. The first-order valence-corrected chi connectivity index (χ1v) is 4.65. The van der Waals surface area contributed by atoms with E-state index in [2.05, 4.69) is 0 Å². The van der Waals surface area contributed by atoms with Crippen LogP contribution in [0.1, 0.15) is 30.4 Å². The average Bonchev–Trinajstić information content (AvgIpc) is 2.13. The minimum Gasteiger partial charge on any atom is -0.481 e. The van der Waals surface area contributed by atoms with Crippen molar-refractivity contribution in [2.75, 3.05) is 5.73 Å². The molecule has 1 rings (SSSR count). The summed E-state index contributed by atoms with van der Waals surface area (Å²) in [5, 5.41) is 8.99. The average molecular weight is 193 g/mol. The molecule has 1 atom stereocenters. The van der Waals surface area contributed by atoms with Gasteiger partial charge in [-0.05, 0) is 24.5 Å². The molecular weight excluding hydrogens is 178 g/mol. The highest BCUT2D eigenvalue weighted by molar-refractivity contribution is 5.79. The van der Waals surface area contributed by atoms with Crippen LogP contribution in [0, 0.1) is 6.92 Å². The molecule has 0 aromatic heterocycles. The summed E-state index contributed by atoms with van der Waals surface area (Å²) >= 11 is 0. The number of carboxylic acids is 1. The number of anilines is 1. The maximum absolute atomic E-state index is 10.9. The summed E-state index contributed by atoms with van der Waals surface area (Å²) in [6.45, 7) is 3.73. The minimum atomic E-state index is -0.815. The molecule has 1 aromatic rings. The van der Waals surface area contributed by atoms with E-state index in [0.717, 1.165) is 11.1 Å². The smallest absolute Gasteiger partial charge is 0.311 e. The maximum Gasteiger partial charge on any atom is 0.311 e. The number of nitrogens with two attached hydrogens (primary N) is 1. The summed E-state index contributed by atoms with van der Waals surface area (Å²) in [5.74, 6) is -1.31. The van der Waals surface area contributed by atoms with Crippen LogP contribution in [0.3, 0.4) is 0 Å². The van der Waals surface area contributed by atoms with Crippen LogP contribution in [-0.4, -0.2) is 11.1 Å². The van der Waals surface area contributed by atoms with E-state index in [1.165, 1.54) is 0 Å². The molecule has 0 aliphatic rings. The lowest BCUT2D eigenvalue weighted by Gasteiger charge is -2.14. The maximum atomic E-state index is 10.9. The van der Waals surface area contributed by atoms with Gasteiger partial charge in [-0.3, -0.25) is 4.79 Å². The van der Waals surface area contributed by atoms with Crippen molar-refractivity contribution in [1.29, 1.82) is 0 Å². The van der Waals surface area contributed by atoms with Crippen LogP contribution < -0.4 is 5.73 Å². The molecule has 0 bridgehead atoms. The number of aliphatic carboxylic acids is 1. The fourth-order valence-electron chi connectivity index (χ4n) is 1.53. The summed E-state index contributed by atoms with van der Waals surface area (Å²) in [6.07, 6.45) is 0.559. The van der Waals surface area contributed by atoms with Crippen LogP contribution in [0.4, 0.5) is 5.69 Å². The van der Waals surface area contributed by atoms with E-state index in [0.29, 0.717) is 12.1 Å². The Labute approximate surface area is 83.6 Å². The van der Waals surface area contributed by atoms with Crippen LogP contribution in [0.15, 0.2) is 18.2 Å². The highest BCUT2D eigenvalue weighted by Crippen LogP contribution is 2.27. The van der Waals surface area contributed by atoms with Gasteiger partial charge < -0.3 is 10.8 Å². The van der Waals surface area contributed by atoms with Gasteiger partial charge in [-0.25, -0.2) is 0 Å². The summed E-state index contributed by atoms with van der Waals surface area (Å²) in [6, 6.07) is 5.50. The lowest BCUT2D eigenvalue weighted by Crippen LogP contribution is -2.13. The van der Waals surface area contributed by atoms with Gasteiger partial charge in [0, 0.05) is 5.69 Å². The molecule has 0 saturated heterocycles. The highest BCUT2D eigenvalue weighted by Gasteiger charge is 2.20. The fourth-order valence-corrected chi connectivity index (χ4v) is 1.53. The molecule has 0 spiro atoms. The van der Waals surface area contributed by atoms with Gasteiger partial charge in [0.2, 0.25) is 0 Å². The molecule has 0 fully saturated rings. The number of para-hydroxylation sites is 1. The number of nitrogen functional groups attached to an aromatic ring is 1. The molecule has 3 nitrogen and oxygen atoms in total. The molecule has 3 N–H and O–H groups in total. The molecule has 1 aromatic carbocycles. The highest BCUT2D eigenvalue weighted by atomic mass is 16.4. The predicted octanol–water partition coefficient (Wildman–Crippen LogP) is 2.16. The van der Waals surface area contributed by atoms with Crippen molar-refractivity contribution >= 4 is 11.7 Å². The van der Waals surface area contributed by atoms with E-state index >= 15 is 0 Å². The second kappa shape index (κ2) is 4.13. The third-order valence-electron chi connectivity index (χ3n) is 2.44. The van der Waals surface area contributed by atoms with Crippen LogP contribution in [-0.2, 0) is 4.79 Å². The zero-order valence-corrected chi connectivity index (χ0v) is 8.45. The monoisotopic (exact) mass is 193 g/mol. The second-order valence-corrected chi connectivity index (χ2v) is 3.38. The number of aryl methyl sites for hydroxylation is 1. The van der Waals surface area contributed by atoms with Crippen LogP contribution in [0.2, 0.25) is 0 Å². The number of carboxylic acid groups (broad SMARTS) is 1. The first-order chi connectivity index (χ1) is 6.57.